The number of hydrogen-bond donors (Lipinski definition) is 1. The summed E-state index contributed by atoms with van der Waals surface area (Å²) in [5.41, 5.74) is 6.21. The summed E-state index contributed by atoms with van der Waals surface area (Å²) in [6, 6.07) is 18.6. The number of nitrogens with zero attached hydrogens (tertiary/aromatic N) is 2. The van der Waals surface area contributed by atoms with Crippen molar-refractivity contribution in [2.24, 2.45) is 0 Å². The van der Waals surface area contributed by atoms with Crippen LogP contribution in [-0.4, -0.2) is 21.7 Å². The van der Waals surface area contributed by atoms with Crippen molar-refractivity contribution in [3.05, 3.63) is 77.1 Å². The normalized spacial score (nSPS) is 14.0. The van der Waals surface area contributed by atoms with Crippen molar-refractivity contribution < 1.29 is 4.79 Å². The Labute approximate surface area is 160 Å². The molecule has 3 aromatic rings. The lowest BCUT2D eigenvalue weighted by Crippen LogP contribution is -2.39. The molecule has 138 valence electrons. The number of nitrogens with one attached hydrogen (secondary N) is 1. The summed E-state index contributed by atoms with van der Waals surface area (Å²) in [4.78, 5) is 12.5. The van der Waals surface area contributed by atoms with Crippen molar-refractivity contribution in [1.29, 1.82) is 0 Å². The van der Waals surface area contributed by atoms with E-state index in [9.17, 15) is 4.79 Å². The van der Waals surface area contributed by atoms with E-state index in [0.717, 1.165) is 41.9 Å². The van der Waals surface area contributed by atoms with Gasteiger partial charge in [-0.05, 0) is 56.4 Å². The van der Waals surface area contributed by atoms with Crippen molar-refractivity contribution in [3.8, 4) is 11.1 Å². The predicted molar refractivity (Wildman–Crippen MR) is 108 cm³/mol. The third-order valence-corrected chi connectivity index (χ3v) is 5.41. The number of hydrogen-bond acceptors (Lipinski definition) is 2. The van der Waals surface area contributed by atoms with Gasteiger partial charge in [0.25, 0.3) is 5.91 Å². The fraction of sp³-hybridized carbons (Fsp3) is 0.304. The molecule has 4 nitrogen and oxygen atoms in total. The summed E-state index contributed by atoms with van der Waals surface area (Å²) in [5.74, 6) is 0.0218. The van der Waals surface area contributed by atoms with Crippen molar-refractivity contribution in [2.45, 2.75) is 45.7 Å². The Balaban J connectivity index is 1.61. The highest BCUT2D eigenvalue weighted by Crippen LogP contribution is 2.28. The summed E-state index contributed by atoms with van der Waals surface area (Å²) in [6.45, 7) is 4.87. The fourth-order valence-electron chi connectivity index (χ4n) is 3.66. The van der Waals surface area contributed by atoms with Gasteiger partial charge >= 0.3 is 0 Å². The van der Waals surface area contributed by atoms with Gasteiger partial charge < -0.3 is 5.32 Å². The molecule has 0 atom stereocenters. The summed E-state index contributed by atoms with van der Waals surface area (Å²) in [5, 5.41) is 7.86. The van der Waals surface area contributed by atoms with Crippen LogP contribution < -0.4 is 5.32 Å². The molecule has 4 heteroatoms. The second-order valence-electron chi connectivity index (χ2n) is 7.37. The molecule has 0 radical (unpaired) electrons. The van der Waals surface area contributed by atoms with Gasteiger partial charge in [-0.25, -0.2) is 0 Å². The van der Waals surface area contributed by atoms with Gasteiger partial charge in [-0.15, -0.1) is 0 Å². The van der Waals surface area contributed by atoms with Crippen LogP contribution in [0.2, 0.25) is 0 Å². The largest absolute Gasteiger partial charge is 0.349 e. The predicted octanol–water partition coefficient (Wildman–Crippen LogP) is 4.50. The van der Waals surface area contributed by atoms with Gasteiger partial charge in [0.2, 0.25) is 0 Å². The molecular formula is C23H25N3O. The van der Waals surface area contributed by atoms with Crippen LogP contribution in [0.4, 0.5) is 0 Å². The second kappa shape index (κ2) is 7.39. The molecule has 0 saturated heterocycles. The molecule has 1 saturated carbocycles. The highest BCUT2D eigenvalue weighted by molar-refractivity contribution is 5.95. The molecule has 1 fully saturated rings. The molecule has 1 aliphatic rings. The minimum atomic E-state index is 0.0218. The van der Waals surface area contributed by atoms with Crippen LogP contribution >= 0.6 is 0 Å². The lowest BCUT2D eigenvalue weighted by molar-refractivity contribution is 0.0917. The van der Waals surface area contributed by atoms with E-state index in [1.165, 1.54) is 12.0 Å². The first-order chi connectivity index (χ1) is 13.1. The minimum Gasteiger partial charge on any atom is -0.349 e. The Hall–Kier alpha value is -2.88. The number of benzene rings is 2. The first kappa shape index (κ1) is 17.5. The van der Waals surface area contributed by atoms with Crippen LogP contribution in [-0.2, 0) is 6.54 Å². The van der Waals surface area contributed by atoms with Gasteiger partial charge in [-0.2, -0.15) is 5.10 Å². The molecule has 1 heterocycles. The average molecular weight is 359 g/mol. The van der Waals surface area contributed by atoms with Gasteiger partial charge in [0.15, 0.2) is 0 Å². The average Bonchev–Trinajstić information content (AvgIpc) is 2.92. The Morgan fingerprint density at radius 1 is 1.11 bits per heavy atom. The topological polar surface area (TPSA) is 46.9 Å². The molecule has 0 aliphatic heterocycles. The monoisotopic (exact) mass is 359 g/mol. The van der Waals surface area contributed by atoms with Crippen molar-refractivity contribution in [1.82, 2.24) is 15.1 Å². The molecule has 1 amide bonds. The van der Waals surface area contributed by atoms with E-state index in [4.69, 9.17) is 5.10 Å². The molecule has 0 unspecified atom stereocenters. The number of aryl methyl sites for hydroxylation is 1. The zero-order chi connectivity index (χ0) is 18.8. The smallest absolute Gasteiger partial charge is 0.251 e. The number of carbonyl (C=O) groups is 1. The van der Waals surface area contributed by atoms with Crippen molar-refractivity contribution in [3.63, 3.8) is 0 Å². The molecule has 1 aromatic heterocycles. The minimum absolute atomic E-state index is 0.0218. The summed E-state index contributed by atoms with van der Waals surface area (Å²) >= 11 is 0. The Bertz CT molecular complexity index is 955. The first-order valence-corrected chi connectivity index (χ1v) is 9.61. The van der Waals surface area contributed by atoms with Crippen LogP contribution in [0.15, 0.2) is 54.6 Å². The van der Waals surface area contributed by atoms with Crippen LogP contribution in [0.25, 0.3) is 11.1 Å². The van der Waals surface area contributed by atoms with Crippen LogP contribution in [0, 0.1) is 13.8 Å². The quantitative estimate of drug-likeness (QED) is 0.729. The number of amides is 1. The molecule has 4 rings (SSSR count). The molecule has 2 aromatic carbocycles. The van der Waals surface area contributed by atoms with Crippen molar-refractivity contribution in [2.75, 3.05) is 0 Å². The van der Waals surface area contributed by atoms with E-state index in [1.54, 1.807) is 0 Å². The van der Waals surface area contributed by atoms with E-state index in [2.05, 4.69) is 30.4 Å². The Morgan fingerprint density at radius 3 is 2.59 bits per heavy atom. The highest BCUT2D eigenvalue weighted by Gasteiger charge is 2.21. The van der Waals surface area contributed by atoms with E-state index >= 15 is 0 Å². The van der Waals surface area contributed by atoms with Crippen LogP contribution in [0.1, 0.15) is 46.6 Å². The maximum atomic E-state index is 12.5. The third kappa shape index (κ3) is 3.65. The summed E-state index contributed by atoms with van der Waals surface area (Å²) in [6.07, 6.45) is 3.40. The zero-order valence-corrected chi connectivity index (χ0v) is 15.9. The first-order valence-electron chi connectivity index (χ1n) is 9.61. The van der Waals surface area contributed by atoms with E-state index in [1.807, 2.05) is 48.0 Å². The Kier molecular flexibility index (Phi) is 4.80. The molecule has 0 bridgehead atoms. The summed E-state index contributed by atoms with van der Waals surface area (Å²) in [7, 11) is 0. The molecule has 0 spiro atoms. The van der Waals surface area contributed by atoms with Gasteiger partial charge in [0.1, 0.15) is 0 Å². The zero-order valence-electron chi connectivity index (χ0n) is 15.9. The maximum absolute atomic E-state index is 12.5. The molecule has 1 N–H and O–H groups in total. The van der Waals surface area contributed by atoms with E-state index in [0.29, 0.717) is 11.6 Å². The second-order valence-corrected chi connectivity index (χ2v) is 7.37. The Morgan fingerprint density at radius 2 is 1.89 bits per heavy atom. The van der Waals surface area contributed by atoms with Crippen LogP contribution in [0.3, 0.4) is 0 Å². The fourth-order valence-corrected chi connectivity index (χ4v) is 3.66. The number of rotatable bonds is 5. The van der Waals surface area contributed by atoms with E-state index < -0.39 is 0 Å². The molecular weight excluding hydrogens is 334 g/mol. The molecule has 27 heavy (non-hydrogen) atoms. The SMILES string of the molecule is Cc1nn(Cc2ccccc2)c(C)c1-c1cccc(C(=O)NC2CCC2)c1. The summed E-state index contributed by atoms with van der Waals surface area (Å²) < 4.78 is 2.04. The van der Waals surface area contributed by atoms with Gasteiger partial charge in [0, 0.05) is 22.9 Å². The lowest BCUT2D eigenvalue weighted by Gasteiger charge is -2.26. The standard InChI is InChI=1S/C23H25N3O/c1-16-22(17(2)26(25-16)15-18-8-4-3-5-9-18)19-10-6-11-20(14-19)23(27)24-21-12-7-13-21/h3-6,8-11,14,21H,7,12-13,15H2,1-2H3,(H,24,27). The number of carbonyl (C=O) groups excluding carboxylic acids is 1. The lowest BCUT2D eigenvalue weighted by atomic mass is 9.92. The van der Waals surface area contributed by atoms with Gasteiger partial charge in [0.05, 0.1) is 12.2 Å². The molecule has 1 aliphatic carbocycles. The van der Waals surface area contributed by atoms with Gasteiger partial charge in [-0.1, -0.05) is 42.5 Å². The number of aromatic nitrogens is 2. The third-order valence-electron chi connectivity index (χ3n) is 5.41. The van der Waals surface area contributed by atoms with E-state index in [-0.39, 0.29) is 5.91 Å². The van der Waals surface area contributed by atoms with Crippen LogP contribution in [0.5, 0.6) is 0 Å². The maximum Gasteiger partial charge on any atom is 0.251 e. The van der Waals surface area contributed by atoms with Crippen molar-refractivity contribution >= 4 is 5.91 Å². The van der Waals surface area contributed by atoms with Gasteiger partial charge in [-0.3, -0.25) is 9.48 Å². The highest BCUT2D eigenvalue weighted by atomic mass is 16.1.